The highest BCUT2D eigenvalue weighted by Gasteiger charge is 2.29. The molecule has 0 aliphatic heterocycles. The van der Waals surface area contributed by atoms with Crippen molar-refractivity contribution in [1.29, 1.82) is 0 Å². The van der Waals surface area contributed by atoms with Gasteiger partial charge in [-0.1, -0.05) is 0 Å². The van der Waals surface area contributed by atoms with Crippen LogP contribution in [0.4, 0.5) is 13.2 Å². The Hall–Kier alpha value is -0.820. The number of nitrogens with one attached hydrogen (secondary N) is 2. The summed E-state index contributed by atoms with van der Waals surface area (Å²) < 4.78 is 34.9. The Labute approximate surface area is 79.5 Å². The van der Waals surface area contributed by atoms with E-state index in [0.717, 1.165) is 13.8 Å². The van der Waals surface area contributed by atoms with Crippen LogP contribution in [0.3, 0.4) is 0 Å². The second-order valence-corrected chi connectivity index (χ2v) is 3.13. The summed E-state index contributed by atoms with van der Waals surface area (Å²) in [5.41, 5.74) is -1.92. The molecular weight excluding hydrogens is 201 g/mol. The fraction of sp³-hybridized carbons (Fsp3) is 0.857. The highest BCUT2D eigenvalue weighted by atomic mass is 19.4. The van der Waals surface area contributed by atoms with Gasteiger partial charge in [-0.15, -0.1) is 0 Å². The van der Waals surface area contributed by atoms with Gasteiger partial charge in [-0.25, -0.2) is 5.11 Å². The van der Waals surface area contributed by atoms with Crippen molar-refractivity contribution in [2.45, 2.75) is 25.7 Å². The molecule has 0 rings (SSSR count). The molecule has 1 atom stereocenters. The first kappa shape index (κ1) is 13.2. The van der Waals surface area contributed by atoms with Crippen molar-refractivity contribution >= 4 is 5.91 Å². The van der Waals surface area contributed by atoms with Crippen LogP contribution in [0.5, 0.6) is 0 Å². The standard InChI is InChI=1S/C7H12F3N2O2/c1-5(13)12-6(2,14)3-11-4-7(8,9)10/h11H,3-4H2,1-2H3,(H,12,13). The normalized spacial score (nSPS) is 16.1. The molecule has 7 heteroatoms. The van der Waals surface area contributed by atoms with Crippen LogP contribution in [-0.4, -0.2) is 30.9 Å². The van der Waals surface area contributed by atoms with Crippen molar-refractivity contribution in [3.8, 4) is 0 Å². The van der Waals surface area contributed by atoms with E-state index in [4.69, 9.17) is 0 Å². The number of carbonyl (C=O) groups is 1. The van der Waals surface area contributed by atoms with Crippen LogP contribution in [0, 0.1) is 0 Å². The van der Waals surface area contributed by atoms with Crippen LogP contribution >= 0.6 is 0 Å². The number of alkyl halides is 3. The van der Waals surface area contributed by atoms with Crippen molar-refractivity contribution in [3.63, 3.8) is 0 Å². The van der Waals surface area contributed by atoms with Crippen LogP contribution in [-0.2, 0) is 9.90 Å². The topological polar surface area (TPSA) is 61.0 Å². The van der Waals surface area contributed by atoms with Gasteiger partial charge < -0.3 is 10.6 Å². The summed E-state index contributed by atoms with van der Waals surface area (Å²) in [5.74, 6) is -0.573. The molecule has 0 fully saturated rings. The van der Waals surface area contributed by atoms with Gasteiger partial charge in [0.05, 0.1) is 6.54 Å². The third-order valence-electron chi connectivity index (χ3n) is 1.23. The average molecular weight is 213 g/mol. The molecule has 0 spiro atoms. The Morgan fingerprint density at radius 1 is 1.29 bits per heavy atom. The largest absolute Gasteiger partial charge is 0.401 e. The Morgan fingerprint density at radius 3 is 2.14 bits per heavy atom. The molecule has 2 N–H and O–H groups in total. The van der Waals surface area contributed by atoms with E-state index in [0.29, 0.717) is 0 Å². The third-order valence-corrected chi connectivity index (χ3v) is 1.23. The smallest absolute Gasteiger partial charge is 0.325 e. The summed E-state index contributed by atoms with van der Waals surface area (Å²) in [7, 11) is 0. The predicted octanol–water partition coefficient (Wildman–Crippen LogP) is 0.421. The van der Waals surface area contributed by atoms with Gasteiger partial charge in [0.25, 0.3) is 0 Å². The van der Waals surface area contributed by atoms with Crippen molar-refractivity contribution in [1.82, 2.24) is 10.6 Å². The predicted molar refractivity (Wildman–Crippen MR) is 41.8 cm³/mol. The first-order chi connectivity index (χ1) is 6.12. The maximum Gasteiger partial charge on any atom is 0.401 e. The van der Waals surface area contributed by atoms with Gasteiger partial charge in [0.15, 0.2) is 5.72 Å². The second-order valence-electron chi connectivity index (χ2n) is 3.13. The Kier molecular flexibility index (Phi) is 4.34. The summed E-state index contributed by atoms with van der Waals surface area (Å²) >= 11 is 0. The minimum atomic E-state index is -4.35. The van der Waals surface area contributed by atoms with E-state index in [1.54, 1.807) is 0 Å². The molecule has 1 amide bonds. The van der Waals surface area contributed by atoms with Crippen LogP contribution in [0.2, 0.25) is 0 Å². The van der Waals surface area contributed by atoms with Crippen LogP contribution < -0.4 is 10.6 Å². The first-order valence-corrected chi connectivity index (χ1v) is 3.89. The van der Waals surface area contributed by atoms with E-state index in [9.17, 15) is 23.1 Å². The van der Waals surface area contributed by atoms with Crippen molar-refractivity contribution < 1.29 is 23.1 Å². The van der Waals surface area contributed by atoms with Gasteiger partial charge in [0, 0.05) is 13.5 Å². The molecule has 1 unspecified atom stereocenters. The van der Waals surface area contributed by atoms with E-state index < -0.39 is 30.9 Å². The molecule has 14 heavy (non-hydrogen) atoms. The number of rotatable bonds is 4. The highest BCUT2D eigenvalue weighted by Crippen LogP contribution is 2.12. The molecule has 0 aromatic carbocycles. The number of amides is 1. The van der Waals surface area contributed by atoms with E-state index >= 15 is 0 Å². The first-order valence-electron chi connectivity index (χ1n) is 3.89. The maximum atomic E-state index is 11.6. The SMILES string of the molecule is CC(=O)NC(C)([O])CNCC(F)(F)F. The molecule has 4 nitrogen and oxygen atoms in total. The fourth-order valence-corrected chi connectivity index (χ4v) is 0.859. The number of carbonyl (C=O) groups excluding carboxylic acids is 1. The second kappa shape index (κ2) is 4.61. The minimum absolute atomic E-state index is 0.480. The highest BCUT2D eigenvalue weighted by molar-refractivity contribution is 5.73. The van der Waals surface area contributed by atoms with Crippen LogP contribution in [0.25, 0.3) is 0 Å². The lowest BCUT2D eigenvalue weighted by molar-refractivity contribution is -0.134. The summed E-state index contributed by atoms with van der Waals surface area (Å²) in [6.45, 7) is 0.494. The van der Waals surface area contributed by atoms with E-state index in [2.05, 4.69) is 0 Å². The third kappa shape index (κ3) is 7.81. The maximum absolute atomic E-state index is 11.6. The molecule has 0 aromatic rings. The van der Waals surface area contributed by atoms with Crippen LogP contribution in [0.15, 0.2) is 0 Å². The van der Waals surface area contributed by atoms with Crippen LogP contribution in [0.1, 0.15) is 13.8 Å². The molecule has 0 aliphatic carbocycles. The minimum Gasteiger partial charge on any atom is -0.325 e. The molecule has 0 aliphatic rings. The van der Waals surface area contributed by atoms with E-state index in [1.807, 2.05) is 10.6 Å². The lowest BCUT2D eigenvalue weighted by atomic mass is 10.2. The summed E-state index contributed by atoms with van der Waals surface area (Å²) in [5, 5.41) is 15.1. The number of hydrogen-bond donors (Lipinski definition) is 2. The lowest BCUT2D eigenvalue weighted by Gasteiger charge is -2.22. The number of hydrogen-bond acceptors (Lipinski definition) is 2. The molecule has 0 bridgehead atoms. The summed E-state index contributed by atoms with van der Waals surface area (Å²) in [6, 6.07) is 0. The average Bonchev–Trinajstić information content (AvgIpc) is 1.78. The molecule has 0 aromatic heterocycles. The van der Waals surface area contributed by atoms with Gasteiger partial charge in [0.1, 0.15) is 0 Å². The zero-order valence-electron chi connectivity index (χ0n) is 7.86. The molecule has 83 valence electrons. The fourth-order valence-electron chi connectivity index (χ4n) is 0.859. The van der Waals surface area contributed by atoms with Gasteiger partial charge in [-0.3, -0.25) is 4.79 Å². The monoisotopic (exact) mass is 213 g/mol. The quantitative estimate of drug-likeness (QED) is 0.665. The van der Waals surface area contributed by atoms with Crippen molar-refractivity contribution in [2.24, 2.45) is 0 Å². The zero-order chi connectivity index (χ0) is 11.4. The van der Waals surface area contributed by atoms with Gasteiger partial charge in [0.2, 0.25) is 5.91 Å². The van der Waals surface area contributed by atoms with E-state index in [-0.39, 0.29) is 0 Å². The van der Waals surface area contributed by atoms with Gasteiger partial charge >= 0.3 is 6.18 Å². The number of halogens is 3. The Bertz CT molecular complexity index is 204. The molecule has 0 saturated heterocycles. The van der Waals surface area contributed by atoms with Crippen molar-refractivity contribution in [3.05, 3.63) is 0 Å². The zero-order valence-corrected chi connectivity index (χ0v) is 7.86. The molecule has 0 saturated carbocycles. The molecule has 1 radical (unpaired) electrons. The lowest BCUT2D eigenvalue weighted by Crippen LogP contribution is -2.52. The Morgan fingerprint density at radius 2 is 1.79 bits per heavy atom. The molecule has 0 heterocycles. The summed E-state index contributed by atoms with van der Waals surface area (Å²) in [4.78, 5) is 10.5. The van der Waals surface area contributed by atoms with Crippen molar-refractivity contribution in [2.75, 3.05) is 13.1 Å². The van der Waals surface area contributed by atoms with E-state index in [1.165, 1.54) is 0 Å². The van der Waals surface area contributed by atoms with Gasteiger partial charge in [-0.05, 0) is 6.92 Å². The van der Waals surface area contributed by atoms with Gasteiger partial charge in [-0.2, -0.15) is 13.2 Å². The summed E-state index contributed by atoms with van der Waals surface area (Å²) in [6.07, 6.45) is -4.35. The Balaban J connectivity index is 3.82. The molecular formula is C7H12F3N2O2.